The monoisotopic (exact) mass is 532 g/mol. The van der Waals surface area contributed by atoms with Gasteiger partial charge in [-0.1, -0.05) is 51.0 Å². The minimum absolute atomic E-state index is 0.0414. The molecule has 0 heterocycles. The molecule has 210 valence electrons. The Kier molecular flexibility index (Phi) is 10.2. The van der Waals surface area contributed by atoms with E-state index in [-0.39, 0.29) is 41.0 Å². The van der Waals surface area contributed by atoms with Gasteiger partial charge in [-0.15, -0.1) is 0 Å². The van der Waals surface area contributed by atoms with Crippen LogP contribution < -0.4 is 0 Å². The molecule has 6 heteroatoms. The van der Waals surface area contributed by atoms with Crippen molar-refractivity contribution < 1.29 is 23.5 Å². The summed E-state index contributed by atoms with van der Waals surface area (Å²) in [4.78, 5) is 26.6. The lowest BCUT2D eigenvalue weighted by atomic mass is 9.81. The van der Waals surface area contributed by atoms with Gasteiger partial charge in [-0.3, -0.25) is 9.59 Å². The van der Waals surface area contributed by atoms with Crippen LogP contribution in [0.2, 0.25) is 18.1 Å². The average molecular weight is 533 g/mol. The molecule has 0 aromatic rings. The van der Waals surface area contributed by atoms with Crippen molar-refractivity contribution in [1.29, 1.82) is 0 Å². The summed E-state index contributed by atoms with van der Waals surface area (Å²) in [6, 6.07) is 0. The van der Waals surface area contributed by atoms with Crippen molar-refractivity contribution >= 4 is 19.9 Å². The molecule has 2 saturated carbocycles. The van der Waals surface area contributed by atoms with E-state index in [4.69, 9.17) is 13.9 Å². The summed E-state index contributed by atoms with van der Waals surface area (Å²) in [7, 11) is -0.450. The third kappa shape index (κ3) is 7.31. The van der Waals surface area contributed by atoms with Crippen molar-refractivity contribution in [1.82, 2.24) is 0 Å². The summed E-state index contributed by atoms with van der Waals surface area (Å²) in [5.41, 5.74) is 2.83. The lowest BCUT2D eigenvalue weighted by molar-refractivity contribution is -0.128. The number of ketones is 2. The van der Waals surface area contributed by atoms with E-state index in [0.29, 0.717) is 31.1 Å². The molecule has 0 aliphatic heterocycles. The average Bonchev–Trinajstić information content (AvgIpc) is 3.47. The number of hydrogen-bond acceptors (Lipinski definition) is 5. The Bertz CT molecular complexity index is 883. The van der Waals surface area contributed by atoms with Gasteiger partial charge in [0.05, 0.1) is 12.7 Å². The van der Waals surface area contributed by atoms with Crippen LogP contribution in [0.4, 0.5) is 0 Å². The number of Topliss-reactive ketones (excluding diaryl/α,β-unsaturated/α-hetero) is 2. The molecule has 37 heavy (non-hydrogen) atoms. The first-order chi connectivity index (χ1) is 17.3. The first-order valence-corrected chi connectivity index (χ1v) is 17.4. The molecule has 0 aromatic carbocycles. The number of allylic oxidation sites excluding steroid dienone is 3. The fraction of sp³-hybridized carbons (Fsp3) is 0.806. The van der Waals surface area contributed by atoms with Crippen molar-refractivity contribution in [3.05, 3.63) is 23.3 Å². The molecule has 3 aliphatic carbocycles. The van der Waals surface area contributed by atoms with Gasteiger partial charge in [0.25, 0.3) is 0 Å². The van der Waals surface area contributed by atoms with E-state index in [1.165, 1.54) is 5.57 Å². The number of carbonyl (C=O) groups is 2. The quantitative estimate of drug-likeness (QED) is 0.101. The Hall–Kier alpha value is -1.08. The van der Waals surface area contributed by atoms with Crippen molar-refractivity contribution in [3.63, 3.8) is 0 Å². The van der Waals surface area contributed by atoms with Gasteiger partial charge in [-0.05, 0) is 81.3 Å². The zero-order chi connectivity index (χ0) is 27.4. The van der Waals surface area contributed by atoms with E-state index >= 15 is 0 Å². The van der Waals surface area contributed by atoms with Gasteiger partial charge in [0.15, 0.2) is 8.32 Å². The predicted molar refractivity (Wildman–Crippen MR) is 152 cm³/mol. The van der Waals surface area contributed by atoms with Crippen LogP contribution in [0.3, 0.4) is 0 Å². The number of carbonyl (C=O) groups excluding carboxylic acids is 2. The van der Waals surface area contributed by atoms with Crippen LogP contribution >= 0.6 is 0 Å². The summed E-state index contributed by atoms with van der Waals surface area (Å²) >= 11 is 0. The summed E-state index contributed by atoms with van der Waals surface area (Å²) in [5.74, 6) is 1.35. The maximum absolute atomic E-state index is 13.9. The molecule has 0 N–H and O–H groups in total. The van der Waals surface area contributed by atoms with Gasteiger partial charge >= 0.3 is 0 Å². The summed E-state index contributed by atoms with van der Waals surface area (Å²) in [6.07, 6.45) is 12.0. The van der Waals surface area contributed by atoms with Crippen molar-refractivity contribution in [2.24, 2.45) is 23.2 Å². The largest absolute Gasteiger partial charge is 0.413 e. The summed E-state index contributed by atoms with van der Waals surface area (Å²) in [6.45, 7) is 16.5. The van der Waals surface area contributed by atoms with Crippen LogP contribution in [0.25, 0.3) is 0 Å². The number of fused-ring (bicyclic) bond motifs is 1. The number of methoxy groups -OCH3 is 1. The van der Waals surface area contributed by atoms with Crippen molar-refractivity contribution in [2.45, 2.75) is 117 Å². The zero-order valence-electron chi connectivity index (χ0n) is 24.8. The smallest absolute Gasteiger partial charge is 0.192 e. The van der Waals surface area contributed by atoms with E-state index in [2.05, 4.69) is 52.9 Å². The molecule has 3 rings (SSSR count). The van der Waals surface area contributed by atoms with Crippen LogP contribution in [-0.2, 0) is 23.5 Å². The van der Waals surface area contributed by atoms with Crippen LogP contribution in [0.1, 0.15) is 92.4 Å². The second kappa shape index (κ2) is 12.4. The van der Waals surface area contributed by atoms with Crippen LogP contribution in [-0.4, -0.2) is 46.5 Å². The van der Waals surface area contributed by atoms with Gasteiger partial charge in [0.2, 0.25) is 0 Å². The second-order valence-corrected chi connectivity index (χ2v) is 18.3. The molecule has 0 radical (unpaired) electrons. The third-order valence-corrected chi connectivity index (χ3v) is 14.1. The fourth-order valence-electron chi connectivity index (χ4n) is 6.37. The summed E-state index contributed by atoms with van der Waals surface area (Å²) in [5, 5.41) is 0.0825. The molecule has 0 aromatic heterocycles. The third-order valence-electron chi connectivity index (χ3n) is 9.64. The summed E-state index contributed by atoms with van der Waals surface area (Å²) < 4.78 is 17.2. The SMILES string of the molecule is COCOC/C(C)=C/CCC(=O)CCC[C@H](O[Si](C)(C)C(C)(C)C)[C@H]1CCC2=CCC[C@]3(C)[C@H](C1=O)[C@H]23. The van der Waals surface area contributed by atoms with Gasteiger partial charge in [0, 0.05) is 31.8 Å². The topological polar surface area (TPSA) is 61.8 Å². The van der Waals surface area contributed by atoms with E-state index in [1.54, 1.807) is 7.11 Å². The van der Waals surface area contributed by atoms with E-state index in [0.717, 1.165) is 50.5 Å². The molecule has 5 atom stereocenters. The Morgan fingerprint density at radius 2 is 1.97 bits per heavy atom. The molecular weight excluding hydrogens is 480 g/mol. The fourth-order valence-corrected chi connectivity index (χ4v) is 7.76. The Balaban J connectivity index is 1.61. The van der Waals surface area contributed by atoms with Crippen molar-refractivity contribution in [3.8, 4) is 0 Å². The molecule has 2 fully saturated rings. The van der Waals surface area contributed by atoms with Crippen LogP contribution in [0.5, 0.6) is 0 Å². The maximum Gasteiger partial charge on any atom is 0.192 e. The first kappa shape index (κ1) is 30.5. The molecule has 5 nitrogen and oxygen atoms in total. The van der Waals surface area contributed by atoms with E-state index in [1.807, 2.05) is 6.92 Å². The Morgan fingerprint density at radius 1 is 1.24 bits per heavy atom. The minimum atomic E-state index is -2.06. The Morgan fingerprint density at radius 3 is 2.65 bits per heavy atom. The number of hydrogen-bond donors (Lipinski definition) is 0. The van der Waals surface area contributed by atoms with Gasteiger partial charge in [-0.25, -0.2) is 0 Å². The Labute approximate surface area is 226 Å². The van der Waals surface area contributed by atoms with E-state index < -0.39 is 8.32 Å². The highest BCUT2D eigenvalue weighted by Crippen LogP contribution is 2.69. The number of rotatable bonds is 14. The van der Waals surface area contributed by atoms with Crippen LogP contribution in [0, 0.1) is 23.2 Å². The van der Waals surface area contributed by atoms with Gasteiger partial charge < -0.3 is 13.9 Å². The highest BCUT2D eigenvalue weighted by atomic mass is 28.4. The molecule has 0 bridgehead atoms. The molecular formula is C31H52O5Si. The van der Waals surface area contributed by atoms with E-state index in [9.17, 15) is 9.59 Å². The lowest BCUT2D eigenvalue weighted by Crippen LogP contribution is -2.47. The minimum Gasteiger partial charge on any atom is -0.413 e. The zero-order valence-corrected chi connectivity index (χ0v) is 25.8. The highest BCUT2D eigenvalue weighted by Gasteiger charge is 2.68. The molecule has 0 amide bonds. The van der Waals surface area contributed by atoms with Crippen LogP contribution in [0.15, 0.2) is 23.3 Å². The number of ether oxygens (including phenoxy) is 2. The maximum atomic E-state index is 13.9. The predicted octanol–water partition coefficient (Wildman–Crippen LogP) is 7.41. The highest BCUT2D eigenvalue weighted by molar-refractivity contribution is 6.74. The van der Waals surface area contributed by atoms with Gasteiger partial charge in [-0.2, -0.15) is 0 Å². The molecule has 3 aliphatic rings. The molecule has 0 saturated heterocycles. The molecule has 0 spiro atoms. The normalized spacial score (nSPS) is 28.9. The second-order valence-electron chi connectivity index (χ2n) is 13.5. The standard InChI is InChI=1S/C31H52O5Si/c1-22(20-35-21-34-6)12-9-14-24(32)15-10-16-26(36-37(7,8)30(2,3)4)25-18-17-23-13-11-19-31(5)27(23)28(31)29(25)33/h12-13,25-28H,9-11,14-21H2,1-8H3/b22-12+/t25-,26+,27+,28+,31+/m1/s1. The van der Waals surface area contributed by atoms with Crippen molar-refractivity contribution in [2.75, 3.05) is 20.5 Å². The van der Waals surface area contributed by atoms with Gasteiger partial charge in [0.1, 0.15) is 18.4 Å². The molecule has 0 unspecified atom stereocenters. The first-order valence-electron chi connectivity index (χ1n) is 14.5. The lowest BCUT2D eigenvalue weighted by Gasteiger charge is -2.41.